The Bertz CT molecular complexity index is 297. The molecule has 5 heteroatoms. The number of nitrogens with zero attached hydrogens (tertiary/aromatic N) is 3. The van der Waals surface area contributed by atoms with E-state index >= 15 is 0 Å². The van der Waals surface area contributed by atoms with Gasteiger partial charge >= 0.3 is 5.97 Å². The number of carboxylic acids is 1. The summed E-state index contributed by atoms with van der Waals surface area (Å²) in [6.45, 7) is 2.79. The minimum absolute atomic E-state index is 0.0340. The average Bonchev–Trinajstić information content (AvgIpc) is 2.17. The zero-order valence-electron chi connectivity index (χ0n) is 7.56. The number of carbonyl (C=O) groups is 1. The molecule has 70 valence electrons. The van der Waals surface area contributed by atoms with Crippen molar-refractivity contribution in [3.05, 3.63) is 17.8 Å². The highest BCUT2D eigenvalue weighted by molar-refractivity contribution is 5.85. The third-order valence-electron chi connectivity index (χ3n) is 1.74. The number of rotatable bonds is 3. The molecule has 0 aliphatic heterocycles. The molecule has 0 atom stereocenters. The van der Waals surface area contributed by atoms with E-state index in [1.54, 1.807) is 6.07 Å². The van der Waals surface area contributed by atoms with Crippen LogP contribution in [0.3, 0.4) is 0 Å². The monoisotopic (exact) mass is 181 g/mol. The molecule has 1 aromatic rings. The standard InChI is InChI=1S/C8H11N3O2/c1-3-11(2)7-5-4-6(8(12)13)9-10-7/h4-5H,3H2,1-2H3,(H,12,13). The number of anilines is 1. The Morgan fingerprint density at radius 1 is 1.54 bits per heavy atom. The first kappa shape index (κ1) is 9.44. The van der Waals surface area contributed by atoms with Crippen molar-refractivity contribution < 1.29 is 9.90 Å². The first-order valence-electron chi connectivity index (χ1n) is 3.93. The predicted molar refractivity (Wildman–Crippen MR) is 47.9 cm³/mol. The SMILES string of the molecule is CCN(C)c1ccc(C(=O)O)nn1. The highest BCUT2D eigenvalue weighted by atomic mass is 16.4. The van der Waals surface area contributed by atoms with Crippen molar-refractivity contribution in [2.45, 2.75) is 6.92 Å². The lowest BCUT2D eigenvalue weighted by Gasteiger charge is -2.13. The Morgan fingerprint density at radius 3 is 2.62 bits per heavy atom. The summed E-state index contributed by atoms with van der Waals surface area (Å²) in [4.78, 5) is 12.3. The van der Waals surface area contributed by atoms with Crippen molar-refractivity contribution in [3.8, 4) is 0 Å². The molecular weight excluding hydrogens is 170 g/mol. The number of hydrogen-bond acceptors (Lipinski definition) is 4. The number of aromatic carboxylic acids is 1. The summed E-state index contributed by atoms with van der Waals surface area (Å²) < 4.78 is 0. The fourth-order valence-corrected chi connectivity index (χ4v) is 0.805. The third kappa shape index (κ3) is 2.14. The van der Waals surface area contributed by atoms with Crippen LogP contribution in [0.1, 0.15) is 17.4 Å². The molecule has 0 spiro atoms. The molecular formula is C8H11N3O2. The smallest absolute Gasteiger partial charge is 0.356 e. The van der Waals surface area contributed by atoms with Crippen molar-refractivity contribution >= 4 is 11.8 Å². The van der Waals surface area contributed by atoms with E-state index in [0.29, 0.717) is 5.82 Å². The molecule has 0 saturated heterocycles. The predicted octanol–water partition coefficient (Wildman–Crippen LogP) is 0.631. The lowest BCUT2D eigenvalue weighted by atomic mass is 10.4. The van der Waals surface area contributed by atoms with Gasteiger partial charge in [0.25, 0.3) is 0 Å². The van der Waals surface area contributed by atoms with E-state index in [1.807, 2.05) is 18.9 Å². The minimum Gasteiger partial charge on any atom is -0.476 e. The molecule has 0 radical (unpaired) electrons. The Labute approximate surface area is 76.0 Å². The van der Waals surface area contributed by atoms with Gasteiger partial charge in [0, 0.05) is 13.6 Å². The molecule has 5 nitrogen and oxygen atoms in total. The van der Waals surface area contributed by atoms with Crippen molar-refractivity contribution in [1.29, 1.82) is 0 Å². The molecule has 0 aliphatic rings. The first-order chi connectivity index (χ1) is 6.15. The fourth-order valence-electron chi connectivity index (χ4n) is 0.805. The van der Waals surface area contributed by atoms with Gasteiger partial charge in [0.2, 0.25) is 0 Å². The topological polar surface area (TPSA) is 66.3 Å². The molecule has 0 bridgehead atoms. The van der Waals surface area contributed by atoms with E-state index in [4.69, 9.17) is 5.11 Å². The zero-order chi connectivity index (χ0) is 9.84. The maximum absolute atomic E-state index is 10.4. The Kier molecular flexibility index (Phi) is 2.79. The van der Waals surface area contributed by atoms with Crippen LogP contribution in [0.4, 0.5) is 5.82 Å². The van der Waals surface area contributed by atoms with E-state index in [-0.39, 0.29) is 5.69 Å². The van der Waals surface area contributed by atoms with Gasteiger partial charge in [-0.25, -0.2) is 4.79 Å². The minimum atomic E-state index is -1.06. The molecule has 1 aromatic heterocycles. The second-order valence-electron chi connectivity index (χ2n) is 2.60. The molecule has 0 saturated carbocycles. The van der Waals surface area contributed by atoms with E-state index in [2.05, 4.69) is 10.2 Å². The van der Waals surface area contributed by atoms with Crippen molar-refractivity contribution in [1.82, 2.24) is 10.2 Å². The molecule has 1 rings (SSSR count). The van der Waals surface area contributed by atoms with Crippen LogP contribution in [0.5, 0.6) is 0 Å². The van der Waals surface area contributed by atoms with Crippen LogP contribution >= 0.6 is 0 Å². The second kappa shape index (κ2) is 3.84. The molecule has 0 aliphatic carbocycles. The quantitative estimate of drug-likeness (QED) is 0.740. The van der Waals surface area contributed by atoms with E-state index < -0.39 is 5.97 Å². The van der Waals surface area contributed by atoms with Crippen LogP contribution in [0.2, 0.25) is 0 Å². The van der Waals surface area contributed by atoms with Crippen molar-refractivity contribution in [2.24, 2.45) is 0 Å². The summed E-state index contributed by atoms with van der Waals surface area (Å²) in [5, 5.41) is 15.9. The number of carboxylic acid groups (broad SMARTS) is 1. The van der Waals surface area contributed by atoms with Crippen LogP contribution < -0.4 is 4.90 Å². The van der Waals surface area contributed by atoms with Crippen molar-refractivity contribution in [2.75, 3.05) is 18.5 Å². The lowest BCUT2D eigenvalue weighted by Crippen LogP contribution is -2.18. The molecule has 0 aromatic carbocycles. The summed E-state index contributed by atoms with van der Waals surface area (Å²) in [6.07, 6.45) is 0. The fraction of sp³-hybridized carbons (Fsp3) is 0.375. The first-order valence-corrected chi connectivity index (χ1v) is 3.93. The Balaban J connectivity index is 2.87. The van der Waals surface area contributed by atoms with E-state index in [0.717, 1.165) is 6.54 Å². The largest absolute Gasteiger partial charge is 0.476 e. The van der Waals surface area contributed by atoms with Gasteiger partial charge in [-0.05, 0) is 19.1 Å². The van der Waals surface area contributed by atoms with Crippen LogP contribution in [0, 0.1) is 0 Å². The van der Waals surface area contributed by atoms with Gasteiger partial charge in [-0.3, -0.25) is 0 Å². The van der Waals surface area contributed by atoms with Crippen LogP contribution in [0.15, 0.2) is 12.1 Å². The molecule has 0 unspecified atom stereocenters. The summed E-state index contributed by atoms with van der Waals surface area (Å²) in [6, 6.07) is 3.08. The lowest BCUT2D eigenvalue weighted by molar-refractivity contribution is 0.0689. The number of aromatic nitrogens is 2. The summed E-state index contributed by atoms with van der Waals surface area (Å²) in [7, 11) is 1.87. The van der Waals surface area contributed by atoms with Crippen LogP contribution in [0.25, 0.3) is 0 Å². The molecule has 1 N–H and O–H groups in total. The van der Waals surface area contributed by atoms with Gasteiger partial charge in [0.05, 0.1) is 0 Å². The van der Waals surface area contributed by atoms with Gasteiger partial charge in [-0.1, -0.05) is 0 Å². The van der Waals surface area contributed by atoms with Crippen molar-refractivity contribution in [3.63, 3.8) is 0 Å². The summed E-state index contributed by atoms with van der Waals surface area (Å²) in [5.41, 5.74) is -0.0340. The van der Waals surface area contributed by atoms with Gasteiger partial charge in [-0.2, -0.15) is 0 Å². The van der Waals surface area contributed by atoms with Gasteiger partial charge < -0.3 is 10.0 Å². The Morgan fingerprint density at radius 2 is 2.23 bits per heavy atom. The van der Waals surface area contributed by atoms with E-state index in [1.165, 1.54) is 6.07 Å². The summed E-state index contributed by atoms with van der Waals surface area (Å²) >= 11 is 0. The van der Waals surface area contributed by atoms with Gasteiger partial charge in [0.1, 0.15) is 0 Å². The highest BCUT2D eigenvalue weighted by Crippen LogP contribution is 2.06. The number of hydrogen-bond donors (Lipinski definition) is 1. The molecule has 1 heterocycles. The van der Waals surface area contributed by atoms with Crippen LogP contribution in [-0.2, 0) is 0 Å². The zero-order valence-corrected chi connectivity index (χ0v) is 7.56. The van der Waals surface area contributed by atoms with Gasteiger partial charge in [-0.15, -0.1) is 10.2 Å². The third-order valence-corrected chi connectivity index (χ3v) is 1.74. The van der Waals surface area contributed by atoms with Crippen LogP contribution in [-0.4, -0.2) is 34.9 Å². The highest BCUT2D eigenvalue weighted by Gasteiger charge is 2.06. The second-order valence-corrected chi connectivity index (χ2v) is 2.60. The Hall–Kier alpha value is -1.65. The van der Waals surface area contributed by atoms with Gasteiger partial charge in [0.15, 0.2) is 11.5 Å². The molecule has 13 heavy (non-hydrogen) atoms. The average molecular weight is 181 g/mol. The summed E-state index contributed by atoms with van der Waals surface area (Å²) in [5.74, 6) is -0.384. The maximum atomic E-state index is 10.4. The van der Waals surface area contributed by atoms with E-state index in [9.17, 15) is 4.79 Å². The normalized spacial score (nSPS) is 9.69. The maximum Gasteiger partial charge on any atom is 0.356 e. The molecule has 0 fully saturated rings. The molecule has 0 amide bonds.